The SMILES string of the molecule is CCOc1ccc(N=C2NC(=O)C[C@@H](C(=O)Nc3ccc([N+](=O)[O-])cc3C)S2)cc1. The molecule has 2 amide bonds. The van der Waals surface area contributed by atoms with Gasteiger partial charge in [0.15, 0.2) is 5.17 Å². The highest BCUT2D eigenvalue weighted by atomic mass is 32.2. The Morgan fingerprint density at radius 3 is 2.70 bits per heavy atom. The van der Waals surface area contributed by atoms with Crippen LogP contribution in [-0.2, 0) is 9.59 Å². The number of non-ortho nitro benzene ring substituents is 1. The molecule has 0 aromatic heterocycles. The summed E-state index contributed by atoms with van der Waals surface area (Å²) in [6.45, 7) is 4.12. The quantitative estimate of drug-likeness (QED) is 0.536. The van der Waals surface area contributed by atoms with Crippen LogP contribution >= 0.6 is 11.8 Å². The Morgan fingerprint density at radius 2 is 2.07 bits per heavy atom. The van der Waals surface area contributed by atoms with E-state index in [9.17, 15) is 19.7 Å². The molecule has 0 spiro atoms. The molecule has 10 heteroatoms. The molecule has 1 saturated heterocycles. The zero-order valence-corrected chi connectivity index (χ0v) is 17.2. The van der Waals surface area contributed by atoms with Crippen LogP contribution in [0.2, 0.25) is 0 Å². The first kappa shape index (κ1) is 21.3. The molecule has 0 radical (unpaired) electrons. The smallest absolute Gasteiger partial charge is 0.269 e. The number of benzene rings is 2. The highest BCUT2D eigenvalue weighted by molar-refractivity contribution is 8.15. The van der Waals surface area contributed by atoms with E-state index in [2.05, 4.69) is 15.6 Å². The Balaban J connectivity index is 1.71. The molecular formula is C20H20N4O5S. The van der Waals surface area contributed by atoms with Crippen LogP contribution in [0.15, 0.2) is 47.5 Å². The second kappa shape index (κ2) is 9.40. The van der Waals surface area contributed by atoms with Crippen molar-refractivity contribution in [3.63, 3.8) is 0 Å². The predicted molar refractivity (Wildman–Crippen MR) is 115 cm³/mol. The minimum absolute atomic E-state index is 0.00479. The number of aliphatic imine (C=N–C) groups is 1. The summed E-state index contributed by atoms with van der Waals surface area (Å²) in [5, 5.41) is 15.9. The monoisotopic (exact) mass is 428 g/mol. The van der Waals surface area contributed by atoms with Crippen LogP contribution in [0.5, 0.6) is 5.75 Å². The zero-order chi connectivity index (χ0) is 21.7. The lowest BCUT2D eigenvalue weighted by atomic mass is 10.1. The summed E-state index contributed by atoms with van der Waals surface area (Å²) in [4.78, 5) is 39.5. The number of hydrogen-bond acceptors (Lipinski definition) is 7. The lowest BCUT2D eigenvalue weighted by Gasteiger charge is -2.22. The highest BCUT2D eigenvalue weighted by Crippen LogP contribution is 2.27. The number of ether oxygens (including phenoxy) is 1. The lowest BCUT2D eigenvalue weighted by molar-refractivity contribution is -0.384. The second-order valence-corrected chi connectivity index (χ2v) is 7.64. The third-order valence-electron chi connectivity index (χ3n) is 4.22. The number of carbonyl (C=O) groups excluding carboxylic acids is 2. The van der Waals surface area contributed by atoms with E-state index < -0.39 is 10.2 Å². The summed E-state index contributed by atoms with van der Waals surface area (Å²) in [7, 11) is 0. The predicted octanol–water partition coefficient (Wildman–Crippen LogP) is 3.55. The number of nitrogens with zero attached hydrogens (tertiary/aromatic N) is 2. The third kappa shape index (κ3) is 5.35. The number of nitro benzene ring substituents is 1. The summed E-state index contributed by atoms with van der Waals surface area (Å²) < 4.78 is 5.39. The van der Waals surface area contributed by atoms with Gasteiger partial charge in [-0.3, -0.25) is 19.7 Å². The van der Waals surface area contributed by atoms with Gasteiger partial charge in [-0.05, 0) is 49.7 Å². The van der Waals surface area contributed by atoms with E-state index in [1.54, 1.807) is 31.2 Å². The fraction of sp³-hybridized carbons (Fsp3) is 0.250. The second-order valence-electron chi connectivity index (χ2n) is 6.45. The topological polar surface area (TPSA) is 123 Å². The number of nitrogens with one attached hydrogen (secondary N) is 2. The van der Waals surface area contributed by atoms with Gasteiger partial charge in [0, 0.05) is 24.2 Å². The maximum atomic E-state index is 12.7. The standard InChI is InChI=1S/C20H20N4O5S/c1-3-29-15-7-4-13(5-8-15)21-20-23-18(25)11-17(30-20)19(26)22-16-9-6-14(24(27)28)10-12(16)2/h4-10,17H,3,11H2,1-2H3,(H,22,26)(H,21,23,25)/t17-/m0/s1. The molecule has 1 fully saturated rings. The first-order valence-electron chi connectivity index (χ1n) is 9.19. The van der Waals surface area contributed by atoms with Gasteiger partial charge in [0.1, 0.15) is 11.0 Å². The van der Waals surface area contributed by atoms with Crippen molar-refractivity contribution >= 4 is 45.8 Å². The van der Waals surface area contributed by atoms with Crippen LogP contribution in [0.3, 0.4) is 0 Å². The van der Waals surface area contributed by atoms with Gasteiger partial charge in [0.25, 0.3) is 5.69 Å². The van der Waals surface area contributed by atoms with Crippen molar-refractivity contribution in [1.29, 1.82) is 0 Å². The normalized spacial score (nSPS) is 17.3. The van der Waals surface area contributed by atoms with Crippen molar-refractivity contribution in [2.75, 3.05) is 11.9 Å². The van der Waals surface area contributed by atoms with E-state index in [1.807, 2.05) is 6.92 Å². The van der Waals surface area contributed by atoms with Crippen molar-refractivity contribution in [1.82, 2.24) is 5.32 Å². The molecule has 9 nitrogen and oxygen atoms in total. The molecule has 2 aromatic carbocycles. The average molecular weight is 428 g/mol. The number of anilines is 1. The summed E-state index contributed by atoms with van der Waals surface area (Å²) in [5.41, 5.74) is 1.59. The molecule has 0 bridgehead atoms. The first-order chi connectivity index (χ1) is 14.4. The minimum Gasteiger partial charge on any atom is -0.494 e. The number of nitro groups is 1. The van der Waals surface area contributed by atoms with Crippen molar-refractivity contribution < 1.29 is 19.2 Å². The van der Waals surface area contributed by atoms with Crippen LogP contribution in [0.25, 0.3) is 0 Å². The molecule has 0 saturated carbocycles. The van der Waals surface area contributed by atoms with Gasteiger partial charge in [-0.1, -0.05) is 11.8 Å². The van der Waals surface area contributed by atoms with Gasteiger partial charge < -0.3 is 15.4 Å². The van der Waals surface area contributed by atoms with Gasteiger partial charge in [0.2, 0.25) is 11.8 Å². The van der Waals surface area contributed by atoms with Crippen LogP contribution < -0.4 is 15.4 Å². The van der Waals surface area contributed by atoms with Gasteiger partial charge in [-0.15, -0.1) is 0 Å². The van der Waals surface area contributed by atoms with Crippen molar-refractivity contribution in [3.8, 4) is 5.75 Å². The number of rotatable bonds is 6. The number of carbonyl (C=O) groups is 2. The Kier molecular flexibility index (Phi) is 6.68. The Hall–Kier alpha value is -3.40. The number of hydrogen-bond donors (Lipinski definition) is 2. The van der Waals surface area contributed by atoms with Crippen LogP contribution in [0.4, 0.5) is 17.1 Å². The highest BCUT2D eigenvalue weighted by Gasteiger charge is 2.30. The molecule has 1 aliphatic heterocycles. The van der Waals surface area contributed by atoms with Crippen molar-refractivity contribution in [3.05, 3.63) is 58.1 Å². The molecule has 0 unspecified atom stereocenters. The molecule has 1 heterocycles. The molecular weight excluding hydrogens is 408 g/mol. The van der Waals surface area contributed by atoms with E-state index in [4.69, 9.17) is 4.74 Å². The van der Waals surface area contributed by atoms with Gasteiger partial charge in [-0.2, -0.15) is 0 Å². The van der Waals surface area contributed by atoms with Crippen molar-refractivity contribution in [2.24, 2.45) is 4.99 Å². The zero-order valence-electron chi connectivity index (χ0n) is 16.4. The maximum absolute atomic E-state index is 12.7. The molecule has 2 N–H and O–H groups in total. The Labute approximate surface area is 177 Å². The molecule has 30 heavy (non-hydrogen) atoms. The van der Waals surface area contributed by atoms with E-state index >= 15 is 0 Å². The largest absolute Gasteiger partial charge is 0.494 e. The van der Waals surface area contributed by atoms with E-state index in [1.165, 1.54) is 18.2 Å². The average Bonchev–Trinajstić information content (AvgIpc) is 2.70. The van der Waals surface area contributed by atoms with E-state index in [0.29, 0.717) is 28.7 Å². The number of amides is 2. The molecule has 0 aliphatic carbocycles. The maximum Gasteiger partial charge on any atom is 0.269 e. The molecule has 1 aliphatic rings. The number of thioether (sulfide) groups is 1. The number of amidine groups is 1. The number of aryl methyl sites for hydroxylation is 1. The fourth-order valence-electron chi connectivity index (χ4n) is 2.76. The molecule has 3 rings (SSSR count). The summed E-state index contributed by atoms with van der Waals surface area (Å²) >= 11 is 1.15. The van der Waals surface area contributed by atoms with Crippen molar-refractivity contribution in [2.45, 2.75) is 25.5 Å². The van der Waals surface area contributed by atoms with Crippen LogP contribution in [0, 0.1) is 17.0 Å². The molecule has 1 atom stereocenters. The summed E-state index contributed by atoms with van der Waals surface area (Å²) in [5.74, 6) is 0.0442. The molecule has 2 aromatic rings. The van der Waals surface area contributed by atoms with E-state index in [0.717, 1.165) is 17.5 Å². The van der Waals surface area contributed by atoms with Gasteiger partial charge in [-0.25, -0.2) is 4.99 Å². The Morgan fingerprint density at radius 1 is 1.33 bits per heavy atom. The van der Waals surface area contributed by atoms with Crippen LogP contribution in [-0.4, -0.2) is 33.8 Å². The Bertz CT molecular complexity index is 1010. The minimum atomic E-state index is -0.671. The summed E-state index contributed by atoms with van der Waals surface area (Å²) in [6, 6.07) is 11.3. The first-order valence-corrected chi connectivity index (χ1v) is 10.1. The van der Waals surface area contributed by atoms with Gasteiger partial charge >= 0.3 is 0 Å². The summed E-state index contributed by atoms with van der Waals surface area (Å²) in [6.07, 6.45) is 0.00479. The fourth-order valence-corrected chi connectivity index (χ4v) is 3.76. The van der Waals surface area contributed by atoms with E-state index in [-0.39, 0.29) is 23.9 Å². The van der Waals surface area contributed by atoms with Crippen LogP contribution in [0.1, 0.15) is 18.9 Å². The molecule has 156 valence electrons. The van der Waals surface area contributed by atoms with Gasteiger partial charge in [0.05, 0.1) is 17.2 Å². The third-order valence-corrected chi connectivity index (χ3v) is 5.30. The lowest BCUT2D eigenvalue weighted by Crippen LogP contribution is -2.41.